The van der Waals surface area contributed by atoms with Crippen LogP contribution in [0, 0.1) is 0 Å². The second-order valence-corrected chi connectivity index (χ2v) is 5.32. The summed E-state index contributed by atoms with van der Waals surface area (Å²) in [7, 11) is 2.01. The van der Waals surface area contributed by atoms with Crippen LogP contribution in [0.15, 0.2) is 12.3 Å². The summed E-state index contributed by atoms with van der Waals surface area (Å²) in [6.45, 7) is 0. The second-order valence-electron chi connectivity index (χ2n) is 4.98. The van der Waals surface area contributed by atoms with Crippen molar-refractivity contribution in [1.82, 2.24) is 14.5 Å². The third-order valence-corrected chi connectivity index (χ3v) is 3.81. The Morgan fingerprint density at radius 2 is 2.06 bits per heavy atom. The van der Waals surface area contributed by atoms with Gasteiger partial charge in [0, 0.05) is 19.3 Å². The molecule has 0 radical (unpaired) electrons. The average molecular weight is 265 g/mol. The summed E-state index contributed by atoms with van der Waals surface area (Å²) < 4.78 is 2.04. The van der Waals surface area contributed by atoms with Crippen molar-refractivity contribution in [1.29, 1.82) is 0 Å². The molecule has 2 heterocycles. The molecule has 0 aromatic carbocycles. The molecule has 0 spiro atoms. The first-order chi connectivity index (χ1) is 8.74. The normalized spacial score (nSPS) is 17.2. The molecule has 0 atom stereocenters. The minimum absolute atomic E-state index is 0.312. The van der Waals surface area contributed by atoms with Crippen LogP contribution < -0.4 is 5.32 Å². The molecule has 0 amide bonds. The van der Waals surface area contributed by atoms with E-state index in [2.05, 4.69) is 15.3 Å². The van der Waals surface area contributed by atoms with Crippen molar-refractivity contribution in [3.8, 4) is 0 Å². The van der Waals surface area contributed by atoms with Crippen LogP contribution in [-0.4, -0.2) is 20.6 Å². The van der Waals surface area contributed by atoms with Crippen LogP contribution in [0.3, 0.4) is 0 Å². The number of aryl methyl sites for hydroxylation is 1. The molecule has 4 nitrogen and oxygen atoms in total. The molecule has 18 heavy (non-hydrogen) atoms. The summed E-state index contributed by atoms with van der Waals surface area (Å²) in [5.74, 6) is 0.865. The number of nitrogens with zero attached hydrogens (tertiary/aromatic N) is 3. The standard InChI is InChI=1S/C13H17ClN4/c1-18-8-7-10-11(18)12(17-13(14)16-10)15-9-5-3-2-4-6-9/h7-9H,2-6H2,1H3,(H,15,16,17). The zero-order valence-corrected chi connectivity index (χ0v) is 11.2. The highest BCUT2D eigenvalue weighted by Gasteiger charge is 2.17. The van der Waals surface area contributed by atoms with Gasteiger partial charge in [0.25, 0.3) is 0 Å². The predicted molar refractivity (Wildman–Crippen MR) is 74.0 cm³/mol. The molecule has 0 aliphatic heterocycles. The smallest absolute Gasteiger partial charge is 0.225 e. The molecule has 0 saturated heterocycles. The number of halogens is 1. The van der Waals surface area contributed by atoms with E-state index < -0.39 is 0 Å². The molecule has 5 heteroatoms. The van der Waals surface area contributed by atoms with Crippen molar-refractivity contribution in [3.05, 3.63) is 17.5 Å². The Labute approximate surface area is 111 Å². The van der Waals surface area contributed by atoms with E-state index in [1.54, 1.807) is 0 Å². The third-order valence-electron chi connectivity index (χ3n) is 3.64. The molecule has 2 aromatic heterocycles. The van der Waals surface area contributed by atoms with E-state index in [4.69, 9.17) is 11.6 Å². The Bertz CT molecular complexity index is 557. The van der Waals surface area contributed by atoms with Gasteiger partial charge in [0.1, 0.15) is 5.52 Å². The number of hydrogen-bond donors (Lipinski definition) is 1. The lowest BCUT2D eigenvalue weighted by molar-refractivity contribution is 0.462. The Kier molecular flexibility index (Phi) is 3.12. The maximum Gasteiger partial charge on any atom is 0.225 e. The first-order valence-corrected chi connectivity index (χ1v) is 6.87. The number of fused-ring (bicyclic) bond motifs is 1. The largest absolute Gasteiger partial charge is 0.365 e. The molecule has 1 fully saturated rings. The van der Waals surface area contributed by atoms with Gasteiger partial charge in [0.15, 0.2) is 5.82 Å². The van der Waals surface area contributed by atoms with Gasteiger partial charge in [0.2, 0.25) is 5.28 Å². The van der Waals surface area contributed by atoms with Gasteiger partial charge in [-0.1, -0.05) is 19.3 Å². The Balaban J connectivity index is 1.96. The van der Waals surface area contributed by atoms with Crippen molar-refractivity contribution >= 4 is 28.5 Å². The van der Waals surface area contributed by atoms with Gasteiger partial charge in [-0.05, 0) is 30.5 Å². The van der Waals surface area contributed by atoms with Crippen molar-refractivity contribution in [2.45, 2.75) is 38.1 Å². The van der Waals surface area contributed by atoms with Gasteiger partial charge in [-0.15, -0.1) is 0 Å². The lowest BCUT2D eigenvalue weighted by atomic mass is 9.95. The van der Waals surface area contributed by atoms with Crippen molar-refractivity contribution in [3.63, 3.8) is 0 Å². The summed E-state index contributed by atoms with van der Waals surface area (Å²) >= 11 is 5.98. The number of nitrogens with one attached hydrogen (secondary N) is 1. The SMILES string of the molecule is Cn1ccc2nc(Cl)nc(NC3CCCCC3)c21. The van der Waals surface area contributed by atoms with Crippen LogP contribution in [0.1, 0.15) is 32.1 Å². The van der Waals surface area contributed by atoms with Gasteiger partial charge in [-0.2, -0.15) is 4.98 Å². The first kappa shape index (κ1) is 11.8. The molecule has 1 aliphatic rings. The molecule has 3 rings (SSSR count). The fraction of sp³-hybridized carbons (Fsp3) is 0.538. The molecule has 2 aromatic rings. The number of rotatable bonds is 2. The van der Waals surface area contributed by atoms with Crippen LogP contribution >= 0.6 is 11.6 Å². The highest BCUT2D eigenvalue weighted by Crippen LogP contribution is 2.26. The van der Waals surface area contributed by atoms with Crippen LogP contribution in [-0.2, 0) is 7.05 Å². The Hall–Kier alpha value is -1.29. The van der Waals surface area contributed by atoms with Gasteiger partial charge in [0.05, 0.1) is 5.52 Å². The maximum absolute atomic E-state index is 5.98. The molecule has 1 aliphatic carbocycles. The molecule has 1 saturated carbocycles. The van der Waals surface area contributed by atoms with E-state index >= 15 is 0 Å². The molecule has 96 valence electrons. The number of anilines is 1. The van der Waals surface area contributed by atoms with Gasteiger partial charge >= 0.3 is 0 Å². The van der Waals surface area contributed by atoms with Crippen molar-refractivity contribution in [2.75, 3.05) is 5.32 Å². The Morgan fingerprint density at radius 1 is 1.28 bits per heavy atom. The van der Waals surface area contributed by atoms with E-state index in [0.717, 1.165) is 16.9 Å². The second kappa shape index (κ2) is 4.76. The summed E-state index contributed by atoms with van der Waals surface area (Å²) in [5, 5.41) is 3.85. The van der Waals surface area contributed by atoms with E-state index in [1.165, 1.54) is 32.1 Å². The predicted octanol–water partition coefficient (Wildman–Crippen LogP) is 3.37. The van der Waals surface area contributed by atoms with Crippen LogP contribution in [0.25, 0.3) is 11.0 Å². The summed E-state index contributed by atoms with van der Waals surface area (Å²) in [6.07, 6.45) is 8.37. The molecule has 0 bridgehead atoms. The number of aromatic nitrogens is 3. The van der Waals surface area contributed by atoms with Crippen molar-refractivity contribution in [2.24, 2.45) is 7.05 Å². The van der Waals surface area contributed by atoms with E-state index in [9.17, 15) is 0 Å². The summed E-state index contributed by atoms with van der Waals surface area (Å²) in [5.41, 5.74) is 1.93. The number of hydrogen-bond acceptors (Lipinski definition) is 3. The fourth-order valence-electron chi connectivity index (χ4n) is 2.71. The summed E-state index contributed by atoms with van der Waals surface area (Å²) in [6, 6.07) is 2.48. The zero-order chi connectivity index (χ0) is 12.5. The third kappa shape index (κ3) is 2.17. The lowest BCUT2D eigenvalue weighted by Gasteiger charge is -2.23. The first-order valence-electron chi connectivity index (χ1n) is 6.49. The molecule has 0 unspecified atom stereocenters. The van der Waals surface area contributed by atoms with Crippen LogP contribution in [0.2, 0.25) is 5.28 Å². The van der Waals surface area contributed by atoms with Crippen molar-refractivity contribution < 1.29 is 0 Å². The minimum Gasteiger partial charge on any atom is -0.365 e. The van der Waals surface area contributed by atoms with Crippen LogP contribution in [0.4, 0.5) is 5.82 Å². The van der Waals surface area contributed by atoms with Gasteiger partial charge < -0.3 is 9.88 Å². The van der Waals surface area contributed by atoms with E-state index in [-0.39, 0.29) is 0 Å². The zero-order valence-electron chi connectivity index (χ0n) is 10.5. The molecular formula is C13H17ClN4. The molecular weight excluding hydrogens is 248 g/mol. The highest BCUT2D eigenvalue weighted by molar-refractivity contribution is 6.28. The van der Waals surface area contributed by atoms with E-state index in [1.807, 2.05) is 23.9 Å². The average Bonchev–Trinajstić information content (AvgIpc) is 2.72. The monoisotopic (exact) mass is 264 g/mol. The van der Waals surface area contributed by atoms with Gasteiger partial charge in [-0.25, -0.2) is 4.98 Å². The van der Waals surface area contributed by atoms with Gasteiger partial charge in [-0.3, -0.25) is 0 Å². The lowest BCUT2D eigenvalue weighted by Crippen LogP contribution is -2.23. The topological polar surface area (TPSA) is 42.7 Å². The highest BCUT2D eigenvalue weighted by atomic mass is 35.5. The maximum atomic E-state index is 5.98. The quantitative estimate of drug-likeness (QED) is 0.846. The minimum atomic E-state index is 0.312. The fourth-order valence-corrected chi connectivity index (χ4v) is 2.88. The summed E-state index contributed by atoms with van der Waals surface area (Å²) in [4.78, 5) is 8.59. The van der Waals surface area contributed by atoms with E-state index in [0.29, 0.717) is 11.3 Å². The Morgan fingerprint density at radius 3 is 2.83 bits per heavy atom. The molecule has 1 N–H and O–H groups in total. The van der Waals surface area contributed by atoms with Crippen LogP contribution in [0.5, 0.6) is 0 Å².